The normalized spacial score (nSPS) is 22.8. The van der Waals surface area contributed by atoms with Gasteiger partial charge in [0.2, 0.25) is 5.91 Å². The Balaban J connectivity index is 1.62. The number of piperidine rings is 1. The van der Waals surface area contributed by atoms with E-state index >= 15 is 0 Å². The molecule has 3 nitrogen and oxygen atoms in total. The summed E-state index contributed by atoms with van der Waals surface area (Å²) in [5.74, 6) is 0.142. The molecule has 2 fully saturated rings. The smallest absolute Gasteiger partial charge is 0.246 e. The third kappa shape index (κ3) is 4.58. The maximum Gasteiger partial charge on any atom is 0.246 e. The SMILES string of the molecule is O=C(/C=C/c1ccc(Cl)cc1)N1CCCCC1CN1CCCC1. The number of hydrogen-bond donors (Lipinski definition) is 0. The first-order valence-electron chi connectivity index (χ1n) is 8.69. The lowest BCUT2D eigenvalue weighted by Crippen LogP contribution is -2.48. The summed E-state index contributed by atoms with van der Waals surface area (Å²) in [5.41, 5.74) is 1.01. The summed E-state index contributed by atoms with van der Waals surface area (Å²) in [6.07, 6.45) is 9.71. The molecule has 0 radical (unpaired) electrons. The Morgan fingerprint density at radius 3 is 2.52 bits per heavy atom. The van der Waals surface area contributed by atoms with Gasteiger partial charge in [0.25, 0.3) is 0 Å². The lowest BCUT2D eigenvalue weighted by atomic mass is 10.0. The number of benzene rings is 1. The van der Waals surface area contributed by atoms with Gasteiger partial charge in [0.15, 0.2) is 0 Å². The Bertz CT molecular complexity index is 549. The van der Waals surface area contributed by atoms with Crippen molar-refractivity contribution in [2.75, 3.05) is 26.2 Å². The van der Waals surface area contributed by atoms with Gasteiger partial charge in [0.1, 0.15) is 0 Å². The molecule has 1 amide bonds. The van der Waals surface area contributed by atoms with Crippen molar-refractivity contribution in [1.29, 1.82) is 0 Å². The van der Waals surface area contributed by atoms with E-state index in [-0.39, 0.29) is 5.91 Å². The molecule has 4 heteroatoms. The van der Waals surface area contributed by atoms with E-state index in [2.05, 4.69) is 9.80 Å². The molecule has 2 heterocycles. The summed E-state index contributed by atoms with van der Waals surface area (Å²) in [7, 11) is 0. The van der Waals surface area contributed by atoms with Crippen LogP contribution in [-0.2, 0) is 4.79 Å². The Kier molecular flexibility index (Phi) is 5.74. The van der Waals surface area contributed by atoms with Crippen LogP contribution in [0.2, 0.25) is 5.02 Å². The minimum atomic E-state index is 0.142. The maximum atomic E-state index is 12.6. The van der Waals surface area contributed by atoms with E-state index in [0.717, 1.165) is 36.5 Å². The van der Waals surface area contributed by atoms with Crippen LogP contribution in [0, 0.1) is 0 Å². The highest BCUT2D eigenvalue weighted by atomic mass is 35.5. The van der Waals surface area contributed by atoms with Gasteiger partial charge in [-0.25, -0.2) is 0 Å². The van der Waals surface area contributed by atoms with Gasteiger partial charge in [-0.2, -0.15) is 0 Å². The predicted octanol–water partition coefficient (Wildman–Crippen LogP) is 3.83. The molecule has 23 heavy (non-hydrogen) atoms. The molecule has 2 aliphatic heterocycles. The number of halogens is 1. The fourth-order valence-corrected chi connectivity index (χ4v) is 3.71. The molecule has 0 N–H and O–H groups in total. The molecule has 0 aromatic heterocycles. The molecular weight excluding hydrogens is 308 g/mol. The van der Waals surface area contributed by atoms with Gasteiger partial charge in [0.05, 0.1) is 0 Å². The molecule has 1 aromatic carbocycles. The van der Waals surface area contributed by atoms with Crippen molar-refractivity contribution in [3.05, 3.63) is 40.9 Å². The number of rotatable bonds is 4. The Labute approximate surface area is 143 Å². The van der Waals surface area contributed by atoms with Crippen molar-refractivity contribution in [3.8, 4) is 0 Å². The van der Waals surface area contributed by atoms with Gasteiger partial charge >= 0.3 is 0 Å². The fraction of sp³-hybridized carbons (Fsp3) is 0.526. The summed E-state index contributed by atoms with van der Waals surface area (Å²) in [4.78, 5) is 17.2. The second-order valence-corrected chi connectivity index (χ2v) is 7.01. The second kappa shape index (κ2) is 7.98. The van der Waals surface area contributed by atoms with Gasteiger partial charge in [-0.3, -0.25) is 4.79 Å². The minimum absolute atomic E-state index is 0.142. The van der Waals surface area contributed by atoms with Crippen molar-refractivity contribution in [1.82, 2.24) is 9.80 Å². The molecule has 0 aliphatic carbocycles. The molecule has 1 atom stereocenters. The average molecular weight is 333 g/mol. The van der Waals surface area contributed by atoms with Crippen LogP contribution in [0.25, 0.3) is 6.08 Å². The first kappa shape index (κ1) is 16.5. The van der Waals surface area contributed by atoms with Crippen molar-refractivity contribution in [2.45, 2.75) is 38.1 Å². The largest absolute Gasteiger partial charge is 0.335 e. The monoisotopic (exact) mass is 332 g/mol. The molecule has 1 aromatic rings. The van der Waals surface area contributed by atoms with E-state index in [1.165, 1.54) is 32.4 Å². The highest BCUT2D eigenvalue weighted by Gasteiger charge is 2.27. The molecular formula is C19H25ClN2O. The number of likely N-dealkylation sites (tertiary alicyclic amines) is 2. The predicted molar refractivity (Wildman–Crippen MR) is 95.5 cm³/mol. The van der Waals surface area contributed by atoms with Gasteiger partial charge in [-0.1, -0.05) is 23.7 Å². The van der Waals surface area contributed by atoms with E-state index in [4.69, 9.17) is 11.6 Å². The molecule has 0 bridgehead atoms. The summed E-state index contributed by atoms with van der Waals surface area (Å²) in [6, 6.07) is 7.95. The highest BCUT2D eigenvalue weighted by Crippen LogP contribution is 2.21. The van der Waals surface area contributed by atoms with Gasteiger partial charge in [-0.05, 0) is 69.0 Å². The van der Waals surface area contributed by atoms with Crippen molar-refractivity contribution in [2.24, 2.45) is 0 Å². The van der Waals surface area contributed by atoms with E-state index in [9.17, 15) is 4.79 Å². The Morgan fingerprint density at radius 1 is 1.09 bits per heavy atom. The van der Waals surface area contributed by atoms with Crippen LogP contribution >= 0.6 is 11.6 Å². The summed E-state index contributed by atoms with van der Waals surface area (Å²) < 4.78 is 0. The number of carbonyl (C=O) groups excluding carboxylic acids is 1. The van der Waals surface area contributed by atoms with Crippen molar-refractivity contribution >= 4 is 23.6 Å². The molecule has 2 saturated heterocycles. The van der Waals surface area contributed by atoms with E-state index in [1.807, 2.05) is 30.3 Å². The Hall–Kier alpha value is -1.32. The summed E-state index contributed by atoms with van der Waals surface area (Å²) in [6.45, 7) is 4.32. The highest BCUT2D eigenvalue weighted by molar-refractivity contribution is 6.30. The molecule has 0 spiro atoms. The molecule has 1 unspecified atom stereocenters. The van der Waals surface area contributed by atoms with Crippen LogP contribution in [0.15, 0.2) is 30.3 Å². The van der Waals surface area contributed by atoms with Crippen LogP contribution in [0.1, 0.15) is 37.7 Å². The topological polar surface area (TPSA) is 23.6 Å². The average Bonchev–Trinajstić information content (AvgIpc) is 3.07. The van der Waals surface area contributed by atoms with Gasteiger partial charge < -0.3 is 9.80 Å². The van der Waals surface area contributed by atoms with Crippen molar-refractivity contribution in [3.63, 3.8) is 0 Å². The number of carbonyl (C=O) groups is 1. The zero-order valence-electron chi connectivity index (χ0n) is 13.6. The molecule has 3 rings (SSSR count). The van der Waals surface area contributed by atoms with E-state index < -0.39 is 0 Å². The van der Waals surface area contributed by atoms with Crippen molar-refractivity contribution < 1.29 is 4.79 Å². The minimum Gasteiger partial charge on any atom is -0.335 e. The van der Waals surface area contributed by atoms with Gasteiger partial charge in [-0.15, -0.1) is 0 Å². The number of nitrogens with zero attached hydrogens (tertiary/aromatic N) is 2. The first-order chi connectivity index (χ1) is 11.2. The van der Waals surface area contributed by atoms with Crippen LogP contribution in [0.4, 0.5) is 0 Å². The molecule has 124 valence electrons. The van der Waals surface area contributed by atoms with Crippen LogP contribution in [0.3, 0.4) is 0 Å². The van der Waals surface area contributed by atoms with E-state index in [0.29, 0.717) is 6.04 Å². The fourth-order valence-electron chi connectivity index (χ4n) is 3.58. The molecule has 2 aliphatic rings. The van der Waals surface area contributed by atoms with E-state index in [1.54, 1.807) is 6.08 Å². The third-order valence-electron chi connectivity index (χ3n) is 4.87. The molecule has 0 saturated carbocycles. The quantitative estimate of drug-likeness (QED) is 0.782. The first-order valence-corrected chi connectivity index (χ1v) is 9.07. The number of hydrogen-bond acceptors (Lipinski definition) is 2. The van der Waals surface area contributed by atoms with Crippen LogP contribution < -0.4 is 0 Å². The lowest BCUT2D eigenvalue weighted by Gasteiger charge is -2.37. The lowest BCUT2D eigenvalue weighted by molar-refractivity contribution is -0.129. The van der Waals surface area contributed by atoms with Crippen LogP contribution in [0.5, 0.6) is 0 Å². The zero-order valence-corrected chi connectivity index (χ0v) is 14.3. The van der Waals surface area contributed by atoms with Crippen LogP contribution in [-0.4, -0.2) is 47.9 Å². The van der Waals surface area contributed by atoms with Gasteiger partial charge in [0, 0.05) is 30.2 Å². The zero-order chi connectivity index (χ0) is 16.1. The third-order valence-corrected chi connectivity index (χ3v) is 5.12. The maximum absolute atomic E-state index is 12.6. The summed E-state index contributed by atoms with van der Waals surface area (Å²) in [5, 5.41) is 0.718. The number of amides is 1. The standard InChI is InChI=1S/C19H25ClN2O/c20-17-9-6-16(7-10-17)8-11-19(23)22-14-2-1-5-18(22)15-21-12-3-4-13-21/h6-11,18H,1-5,12-15H2/b11-8+. The second-order valence-electron chi connectivity index (χ2n) is 6.57. The Morgan fingerprint density at radius 2 is 1.78 bits per heavy atom. The summed E-state index contributed by atoms with van der Waals surface area (Å²) >= 11 is 5.89.